The molecule has 2 aromatic carbocycles. The lowest BCUT2D eigenvalue weighted by molar-refractivity contribution is 0.174. The smallest absolute Gasteiger partial charge is 0.124 e. The van der Waals surface area contributed by atoms with Crippen molar-refractivity contribution in [2.24, 2.45) is 0 Å². The van der Waals surface area contributed by atoms with Crippen LogP contribution in [0.4, 0.5) is 0 Å². The summed E-state index contributed by atoms with van der Waals surface area (Å²) in [5, 5.41) is 11.0. The Balaban J connectivity index is 2.24. The van der Waals surface area contributed by atoms with E-state index in [9.17, 15) is 5.11 Å². The van der Waals surface area contributed by atoms with Crippen molar-refractivity contribution in [2.75, 3.05) is 7.11 Å². The molecule has 0 heterocycles. The maximum atomic E-state index is 10.4. The van der Waals surface area contributed by atoms with Gasteiger partial charge in [-0.05, 0) is 35.9 Å². The van der Waals surface area contributed by atoms with E-state index in [0.717, 1.165) is 15.6 Å². The molecule has 0 saturated heterocycles. The Morgan fingerprint density at radius 3 is 2.74 bits per heavy atom. The van der Waals surface area contributed by atoms with Gasteiger partial charge in [-0.2, -0.15) is 0 Å². The molecule has 0 radical (unpaired) electrons. The second kappa shape index (κ2) is 6.42. The van der Waals surface area contributed by atoms with Gasteiger partial charge in [0.25, 0.3) is 0 Å². The summed E-state index contributed by atoms with van der Waals surface area (Å²) in [5.41, 5.74) is 1.75. The van der Waals surface area contributed by atoms with Crippen molar-refractivity contribution < 1.29 is 9.84 Å². The molecule has 2 rings (SSSR count). The monoisotopic (exact) mass is 340 g/mol. The molecule has 2 nitrogen and oxygen atoms in total. The zero-order valence-corrected chi connectivity index (χ0v) is 12.8. The largest absolute Gasteiger partial charge is 0.496 e. The quantitative estimate of drug-likeness (QED) is 0.894. The number of halogens is 2. The number of benzene rings is 2. The Hall–Kier alpha value is -1.03. The van der Waals surface area contributed by atoms with E-state index in [4.69, 9.17) is 16.3 Å². The van der Waals surface area contributed by atoms with Crippen LogP contribution in [-0.2, 0) is 6.42 Å². The molecule has 1 atom stereocenters. The fraction of sp³-hybridized carbons (Fsp3) is 0.200. The van der Waals surface area contributed by atoms with Gasteiger partial charge >= 0.3 is 0 Å². The topological polar surface area (TPSA) is 29.5 Å². The van der Waals surface area contributed by atoms with Gasteiger partial charge in [0.15, 0.2) is 0 Å². The fourth-order valence-corrected chi connectivity index (χ4v) is 2.55. The first-order valence-corrected chi connectivity index (χ1v) is 7.03. The molecule has 0 saturated carbocycles. The van der Waals surface area contributed by atoms with Gasteiger partial charge in [0, 0.05) is 21.5 Å². The van der Waals surface area contributed by atoms with E-state index in [1.165, 1.54) is 0 Å². The van der Waals surface area contributed by atoms with Gasteiger partial charge in [0.1, 0.15) is 5.75 Å². The summed E-state index contributed by atoms with van der Waals surface area (Å²) in [5.74, 6) is 0.678. The summed E-state index contributed by atoms with van der Waals surface area (Å²) in [4.78, 5) is 0. The van der Waals surface area contributed by atoms with Crippen LogP contribution in [0.25, 0.3) is 0 Å². The number of aliphatic hydroxyl groups is 1. The van der Waals surface area contributed by atoms with Crippen molar-refractivity contribution in [3.8, 4) is 5.75 Å². The zero-order valence-electron chi connectivity index (χ0n) is 10.4. The van der Waals surface area contributed by atoms with Crippen LogP contribution in [0.3, 0.4) is 0 Å². The van der Waals surface area contributed by atoms with Crippen LogP contribution >= 0.6 is 27.5 Å². The molecule has 0 aliphatic rings. The first-order chi connectivity index (χ1) is 9.10. The van der Waals surface area contributed by atoms with E-state index < -0.39 is 6.10 Å². The molecule has 100 valence electrons. The third-order valence-corrected chi connectivity index (χ3v) is 3.60. The van der Waals surface area contributed by atoms with Gasteiger partial charge in [-0.3, -0.25) is 0 Å². The highest BCUT2D eigenvalue weighted by atomic mass is 79.9. The SMILES string of the molecule is COc1ccc(Br)cc1C(O)Cc1cccc(Cl)c1. The van der Waals surface area contributed by atoms with E-state index in [2.05, 4.69) is 15.9 Å². The van der Waals surface area contributed by atoms with Gasteiger partial charge in [0.05, 0.1) is 13.2 Å². The summed E-state index contributed by atoms with van der Waals surface area (Å²) >= 11 is 9.35. The number of aliphatic hydroxyl groups excluding tert-OH is 1. The second-order valence-electron chi connectivity index (χ2n) is 4.24. The summed E-state index contributed by atoms with van der Waals surface area (Å²) in [6.07, 6.45) is -0.140. The molecule has 4 heteroatoms. The molecular formula is C15H14BrClO2. The molecule has 1 N–H and O–H groups in total. The minimum absolute atomic E-state index is 0.493. The van der Waals surface area contributed by atoms with Gasteiger partial charge in [0.2, 0.25) is 0 Å². The normalized spacial score (nSPS) is 12.2. The highest BCUT2D eigenvalue weighted by molar-refractivity contribution is 9.10. The Bertz CT molecular complexity index is 572. The Kier molecular flexibility index (Phi) is 4.86. The van der Waals surface area contributed by atoms with E-state index in [-0.39, 0.29) is 0 Å². The summed E-state index contributed by atoms with van der Waals surface area (Å²) in [6.45, 7) is 0. The van der Waals surface area contributed by atoms with Crippen molar-refractivity contribution in [2.45, 2.75) is 12.5 Å². The lowest BCUT2D eigenvalue weighted by Crippen LogP contribution is -2.04. The molecule has 0 aliphatic heterocycles. The minimum atomic E-state index is -0.633. The summed E-state index contributed by atoms with van der Waals surface area (Å²) in [7, 11) is 1.60. The van der Waals surface area contributed by atoms with Gasteiger partial charge in [-0.25, -0.2) is 0 Å². The van der Waals surface area contributed by atoms with E-state index in [0.29, 0.717) is 17.2 Å². The van der Waals surface area contributed by atoms with Crippen LogP contribution in [0.15, 0.2) is 46.9 Å². The summed E-state index contributed by atoms with van der Waals surface area (Å²) in [6, 6.07) is 13.1. The third-order valence-electron chi connectivity index (χ3n) is 2.87. The van der Waals surface area contributed by atoms with Crippen LogP contribution in [0.1, 0.15) is 17.2 Å². The number of rotatable bonds is 4. The molecular weight excluding hydrogens is 328 g/mol. The second-order valence-corrected chi connectivity index (χ2v) is 5.59. The maximum absolute atomic E-state index is 10.4. The molecule has 1 unspecified atom stereocenters. The lowest BCUT2D eigenvalue weighted by atomic mass is 10.0. The van der Waals surface area contributed by atoms with Crippen LogP contribution in [0.2, 0.25) is 5.02 Å². The number of hydrogen-bond donors (Lipinski definition) is 1. The van der Waals surface area contributed by atoms with E-state index >= 15 is 0 Å². The van der Waals surface area contributed by atoms with Gasteiger partial charge in [-0.15, -0.1) is 0 Å². The number of methoxy groups -OCH3 is 1. The maximum Gasteiger partial charge on any atom is 0.124 e. The highest BCUT2D eigenvalue weighted by Gasteiger charge is 2.14. The molecule has 0 aliphatic carbocycles. The molecule has 0 fully saturated rings. The average Bonchev–Trinajstić information content (AvgIpc) is 2.38. The van der Waals surface area contributed by atoms with Crippen LogP contribution in [0.5, 0.6) is 5.75 Å². The highest BCUT2D eigenvalue weighted by Crippen LogP contribution is 2.30. The Labute approximate surface area is 126 Å². The molecule has 0 bridgehead atoms. The zero-order chi connectivity index (χ0) is 13.8. The Morgan fingerprint density at radius 2 is 2.05 bits per heavy atom. The van der Waals surface area contributed by atoms with Crippen molar-refractivity contribution in [3.63, 3.8) is 0 Å². The standard InChI is InChI=1S/C15H14BrClO2/c1-19-15-6-5-11(16)9-13(15)14(18)8-10-3-2-4-12(17)7-10/h2-7,9,14,18H,8H2,1H3. The van der Waals surface area contributed by atoms with Gasteiger partial charge < -0.3 is 9.84 Å². The lowest BCUT2D eigenvalue weighted by Gasteiger charge is -2.15. The number of ether oxygens (including phenoxy) is 1. The molecule has 0 aromatic heterocycles. The molecule has 0 amide bonds. The first kappa shape index (κ1) is 14.4. The van der Waals surface area contributed by atoms with Crippen LogP contribution in [-0.4, -0.2) is 12.2 Å². The van der Waals surface area contributed by atoms with E-state index in [1.807, 2.05) is 42.5 Å². The molecule has 0 spiro atoms. The first-order valence-electron chi connectivity index (χ1n) is 5.86. The summed E-state index contributed by atoms with van der Waals surface area (Å²) < 4.78 is 6.19. The van der Waals surface area contributed by atoms with E-state index in [1.54, 1.807) is 7.11 Å². The number of hydrogen-bond acceptors (Lipinski definition) is 2. The molecule has 19 heavy (non-hydrogen) atoms. The fourth-order valence-electron chi connectivity index (χ4n) is 1.96. The van der Waals surface area contributed by atoms with Crippen LogP contribution < -0.4 is 4.74 Å². The Morgan fingerprint density at radius 1 is 1.26 bits per heavy atom. The van der Waals surface area contributed by atoms with Crippen LogP contribution in [0, 0.1) is 0 Å². The van der Waals surface area contributed by atoms with Crippen molar-refractivity contribution in [1.82, 2.24) is 0 Å². The minimum Gasteiger partial charge on any atom is -0.496 e. The van der Waals surface area contributed by atoms with Crippen molar-refractivity contribution >= 4 is 27.5 Å². The van der Waals surface area contributed by atoms with Gasteiger partial charge in [-0.1, -0.05) is 39.7 Å². The predicted molar refractivity (Wildman–Crippen MR) is 80.8 cm³/mol. The van der Waals surface area contributed by atoms with Crippen molar-refractivity contribution in [1.29, 1.82) is 0 Å². The van der Waals surface area contributed by atoms with Crippen molar-refractivity contribution in [3.05, 3.63) is 63.1 Å². The third kappa shape index (κ3) is 3.72. The average molecular weight is 342 g/mol. The molecule has 2 aromatic rings. The predicted octanol–water partition coefficient (Wildman–Crippen LogP) is 4.39.